The Morgan fingerprint density at radius 1 is 1.43 bits per heavy atom. The van der Waals surface area contributed by atoms with Gasteiger partial charge in [-0.3, -0.25) is 14.5 Å². The number of nitrogens with two attached hydrogens (primary N) is 1. The number of likely N-dealkylation sites (N-methyl/N-ethyl adjacent to an activating group) is 1. The number of amides is 2. The van der Waals surface area contributed by atoms with Crippen molar-refractivity contribution in [2.45, 2.75) is 23.9 Å². The minimum absolute atomic E-state index is 0.00979. The topological polar surface area (TPSA) is 110 Å². The largest absolute Gasteiger partial charge is 0.326 e. The van der Waals surface area contributed by atoms with Gasteiger partial charge in [-0.05, 0) is 17.7 Å². The molecule has 1 unspecified atom stereocenters. The predicted octanol–water partition coefficient (Wildman–Crippen LogP) is -0.166. The first kappa shape index (κ1) is 15.9. The van der Waals surface area contributed by atoms with Crippen molar-refractivity contribution in [2.75, 3.05) is 7.05 Å². The third-order valence-corrected chi connectivity index (χ3v) is 5.16. The van der Waals surface area contributed by atoms with Crippen molar-refractivity contribution in [3.8, 4) is 0 Å². The van der Waals surface area contributed by atoms with E-state index in [-0.39, 0.29) is 22.9 Å². The first-order valence-corrected chi connectivity index (χ1v) is 7.93. The molecule has 114 valence electrons. The first-order chi connectivity index (χ1) is 9.76. The highest BCUT2D eigenvalue weighted by molar-refractivity contribution is 7.89. The molecule has 0 radical (unpaired) electrons. The lowest BCUT2D eigenvalue weighted by Crippen LogP contribution is -2.40. The predicted molar refractivity (Wildman–Crippen MR) is 75.8 cm³/mol. The average molecular weight is 332 g/mol. The lowest BCUT2D eigenvalue weighted by Gasteiger charge is -2.13. The number of sulfonamides is 1. The highest BCUT2D eigenvalue weighted by atomic mass is 35.5. The Labute approximate surface area is 127 Å². The maximum Gasteiger partial charge on any atom is 0.247 e. The molecule has 21 heavy (non-hydrogen) atoms. The molecule has 0 aliphatic carbocycles. The number of carbonyl (C=O) groups is 2. The lowest BCUT2D eigenvalue weighted by molar-refractivity contribution is -0.137. The summed E-state index contributed by atoms with van der Waals surface area (Å²) in [6, 6.07) is 3.20. The molecule has 0 aromatic heterocycles. The number of hydrogen-bond donors (Lipinski definition) is 2. The zero-order chi connectivity index (χ0) is 15.8. The third kappa shape index (κ3) is 3.08. The van der Waals surface area contributed by atoms with Crippen LogP contribution >= 0.6 is 11.6 Å². The summed E-state index contributed by atoms with van der Waals surface area (Å²) < 4.78 is 26.7. The molecule has 1 fully saturated rings. The third-order valence-electron chi connectivity index (χ3n) is 3.20. The molecular formula is C12H14ClN3O4S. The van der Waals surface area contributed by atoms with Crippen molar-refractivity contribution in [2.24, 2.45) is 5.73 Å². The number of benzene rings is 1. The molecule has 1 aromatic rings. The minimum atomic E-state index is -4.00. The second-order valence-corrected chi connectivity index (χ2v) is 6.73. The van der Waals surface area contributed by atoms with E-state index >= 15 is 0 Å². The number of nitrogens with zero attached hydrogens (tertiary/aromatic N) is 1. The zero-order valence-corrected chi connectivity index (χ0v) is 12.7. The minimum Gasteiger partial charge on any atom is -0.326 e. The number of rotatable bonds is 4. The molecule has 1 aliphatic rings. The summed E-state index contributed by atoms with van der Waals surface area (Å²) in [5.74, 6) is -1.02. The van der Waals surface area contributed by atoms with Crippen molar-refractivity contribution in [3.63, 3.8) is 0 Å². The quantitative estimate of drug-likeness (QED) is 0.745. The van der Waals surface area contributed by atoms with Gasteiger partial charge < -0.3 is 5.73 Å². The van der Waals surface area contributed by atoms with Crippen LogP contribution in [0.15, 0.2) is 23.1 Å². The number of nitrogens with one attached hydrogen (secondary N) is 1. The van der Waals surface area contributed by atoms with Gasteiger partial charge in [0.15, 0.2) is 0 Å². The maximum absolute atomic E-state index is 12.3. The Kier molecular flexibility index (Phi) is 4.33. The highest BCUT2D eigenvalue weighted by Crippen LogP contribution is 2.24. The molecule has 1 aromatic carbocycles. The van der Waals surface area contributed by atoms with E-state index in [4.69, 9.17) is 17.3 Å². The van der Waals surface area contributed by atoms with E-state index in [2.05, 4.69) is 4.72 Å². The molecule has 0 saturated carbocycles. The Balaban J connectivity index is 2.27. The van der Waals surface area contributed by atoms with Gasteiger partial charge in [-0.25, -0.2) is 8.42 Å². The van der Waals surface area contributed by atoms with E-state index < -0.39 is 27.9 Å². The van der Waals surface area contributed by atoms with Crippen LogP contribution in [-0.2, 0) is 26.2 Å². The van der Waals surface area contributed by atoms with Gasteiger partial charge in [-0.1, -0.05) is 17.7 Å². The molecule has 0 spiro atoms. The zero-order valence-electron chi connectivity index (χ0n) is 11.2. The Hall–Kier alpha value is -1.48. The summed E-state index contributed by atoms with van der Waals surface area (Å²) in [6.07, 6.45) is -0.201. The summed E-state index contributed by atoms with van der Waals surface area (Å²) in [5, 5.41) is 0.00979. The van der Waals surface area contributed by atoms with Crippen LogP contribution in [0.2, 0.25) is 5.02 Å². The van der Waals surface area contributed by atoms with Gasteiger partial charge in [0.25, 0.3) is 0 Å². The van der Waals surface area contributed by atoms with Crippen LogP contribution in [-0.4, -0.2) is 38.2 Å². The van der Waals surface area contributed by atoms with Crippen molar-refractivity contribution in [1.82, 2.24) is 9.62 Å². The van der Waals surface area contributed by atoms with Crippen molar-refractivity contribution < 1.29 is 18.0 Å². The molecule has 2 rings (SSSR count). The number of carbonyl (C=O) groups excluding carboxylic acids is 2. The van der Waals surface area contributed by atoms with E-state index in [1.807, 2.05) is 0 Å². The standard InChI is InChI=1S/C12H14ClN3O4S/c1-16-11(17)5-9(12(16)18)15-21(19,20)10-3-2-7(6-14)4-8(10)13/h2-4,9,15H,5-6,14H2,1H3. The molecule has 9 heteroatoms. The van der Waals surface area contributed by atoms with Crippen molar-refractivity contribution in [3.05, 3.63) is 28.8 Å². The van der Waals surface area contributed by atoms with Gasteiger partial charge in [0.1, 0.15) is 10.9 Å². The summed E-state index contributed by atoms with van der Waals surface area (Å²) in [7, 11) is -2.69. The Morgan fingerprint density at radius 2 is 2.10 bits per heavy atom. The van der Waals surface area contributed by atoms with Crippen LogP contribution < -0.4 is 10.5 Å². The van der Waals surface area contributed by atoms with Crippen molar-refractivity contribution >= 4 is 33.4 Å². The van der Waals surface area contributed by atoms with Crippen LogP contribution in [0.4, 0.5) is 0 Å². The normalized spacial score (nSPS) is 19.4. The van der Waals surface area contributed by atoms with Crippen LogP contribution in [0.25, 0.3) is 0 Å². The molecule has 0 bridgehead atoms. The van der Waals surface area contributed by atoms with Crippen LogP contribution in [0.1, 0.15) is 12.0 Å². The summed E-state index contributed by atoms with van der Waals surface area (Å²) in [4.78, 5) is 23.9. The number of likely N-dealkylation sites (tertiary alicyclic amines) is 1. The SMILES string of the molecule is CN1C(=O)CC(NS(=O)(=O)c2ccc(CN)cc2Cl)C1=O. The monoisotopic (exact) mass is 331 g/mol. The van der Waals surface area contributed by atoms with E-state index in [9.17, 15) is 18.0 Å². The second-order valence-electron chi connectivity index (χ2n) is 4.64. The lowest BCUT2D eigenvalue weighted by atomic mass is 10.2. The van der Waals surface area contributed by atoms with E-state index in [1.54, 1.807) is 0 Å². The molecule has 1 aliphatic heterocycles. The van der Waals surface area contributed by atoms with E-state index in [0.717, 1.165) is 4.90 Å². The van der Waals surface area contributed by atoms with Gasteiger partial charge in [-0.15, -0.1) is 0 Å². The second kappa shape index (κ2) is 5.72. The van der Waals surface area contributed by atoms with Gasteiger partial charge in [0, 0.05) is 13.6 Å². The number of halogens is 1. The van der Waals surface area contributed by atoms with E-state index in [0.29, 0.717) is 5.56 Å². The first-order valence-electron chi connectivity index (χ1n) is 6.07. The molecule has 2 amide bonds. The molecule has 1 atom stereocenters. The van der Waals surface area contributed by atoms with Gasteiger partial charge in [0.05, 0.1) is 11.4 Å². The summed E-state index contributed by atoms with van der Waals surface area (Å²) >= 11 is 5.93. The molecule has 3 N–H and O–H groups in total. The Morgan fingerprint density at radius 3 is 2.57 bits per heavy atom. The number of hydrogen-bond acceptors (Lipinski definition) is 5. The van der Waals surface area contributed by atoms with Gasteiger partial charge in [0.2, 0.25) is 21.8 Å². The smallest absolute Gasteiger partial charge is 0.247 e. The fourth-order valence-corrected chi connectivity index (χ4v) is 3.74. The Bertz CT molecular complexity index is 704. The van der Waals surface area contributed by atoms with Crippen molar-refractivity contribution in [1.29, 1.82) is 0 Å². The van der Waals surface area contributed by atoms with Crippen LogP contribution in [0.5, 0.6) is 0 Å². The van der Waals surface area contributed by atoms with Gasteiger partial charge in [-0.2, -0.15) is 4.72 Å². The molecule has 7 nitrogen and oxygen atoms in total. The van der Waals surface area contributed by atoms with E-state index in [1.165, 1.54) is 25.2 Å². The summed E-state index contributed by atoms with van der Waals surface area (Å²) in [6.45, 7) is 0.230. The molecule has 1 saturated heterocycles. The summed E-state index contributed by atoms with van der Waals surface area (Å²) in [5.41, 5.74) is 6.13. The number of imide groups is 1. The van der Waals surface area contributed by atoms with Crippen LogP contribution in [0, 0.1) is 0 Å². The average Bonchev–Trinajstić information content (AvgIpc) is 2.65. The van der Waals surface area contributed by atoms with Gasteiger partial charge >= 0.3 is 0 Å². The maximum atomic E-state index is 12.3. The molecular weight excluding hydrogens is 318 g/mol. The van der Waals surface area contributed by atoms with Crippen LogP contribution in [0.3, 0.4) is 0 Å². The fraction of sp³-hybridized carbons (Fsp3) is 0.333. The highest BCUT2D eigenvalue weighted by Gasteiger charge is 2.39. The fourth-order valence-electron chi connectivity index (χ4n) is 1.99. The molecule has 1 heterocycles.